The molecular weight excluding hydrogens is 222 g/mol. The fourth-order valence-corrected chi connectivity index (χ4v) is 1.99. The Labute approximate surface area is 99.0 Å². The molecule has 0 bridgehead atoms. The van der Waals surface area contributed by atoms with Crippen molar-refractivity contribution in [1.29, 1.82) is 0 Å². The maximum atomic E-state index is 10.7. The minimum atomic E-state index is -0.425. The van der Waals surface area contributed by atoms with Crippen molar-refractivity contribution in [2.45, 2.75) is 25.9 Å². The van der Waals surface area contributed by atoms with Crippen LogP contribution in [0.25, 0.3) is 0 Å². The first-order valence-corrected chi connectivity index (χ1v) is 5.62. The number of hydrogen-bond donors (Lipinski definition) is 1. The highest BCUT2D eigenvalue weighted by Gasteiger charge is 2.20. The van der Waals surface area contributed by atoms with Crippen molar-refractivity contribution in [3.63, 3.8) is 0 Å². The number of pyridine rings is 1. The second kappa shape index (κ2) is 4.67. The van der Waals surface area contributed by atoms with Crippen LogP contribution in [-0.2, 0) is 0 Å². The zero-order valence-electron chi connectivity index (χ0n) is 9.67. The molecule has 1 aromatic rings. The fraction of sp³-hybridized carbons (Fsp3) is 0.545. The molecule has 0 amide bonds. The number of rotatable bonds is 2. The van der Waals surface area contributed by atoms with Crippen LogP contribution in [-0.4, -0.2) is 34.2 Å². The van der Waals surface area contributed by atoms with Gasteiger partial charge in [0.1, 0.15) is 12.0 Å². The number of aromatic nitrogens is 1. The molecule has 1 N–H and O–H groups in total. The molecule has 0 saturated carbocycles. The molecule has 1 fully saturated rings. The number of aliphatic hydroxyl groups is 1. The number of nitro groups is 1. The molecule has 17 heavy (non-hydrogen) atoms. The first kappa shape index (κ1) is 11.8. The lowest BCUT2D eigenvalue weighted by molar-refractivity contribution is -0.385. The van der Waals surface area contributed by atoms with E-state index in [1.54, 1.807) is 13.0 Å². The molecule has 1 aromatic heterocycles. The van der Waals surface area contributed by atoms with Crippen LogP contribution >= 0.6 is 0 Å². The van der Waals surface area contributed by atoms with Gasteiger partial charge in [-0.1, -0.05) is 0 Å². The summed E-state index contributed by atoms with van der Waals surface area (Å²) in [7, 11) is 0. The number of nitrogens with zero attached hydrogens (tertiary/aromatic N) is 3. The predicted molar refractivity (Wildman–Crippen MR) is 63.1 cm³/mol. The topological polar surface area (TPSA) is 79.5 Å². The van der Waals surface area contributed by atoms with E-state index in [0.717, 1.165) is 31.7 Å². The standard InChI is InChI=1S/C11H15N3O3/c1-8-6-11(12-7-10(8)14(16)17)13-4-2-9(15)3-5-13/h6-7,9,15H,2-5H2,1H3. The van der Waals surface area contributed by atoms with Crippen LogP contribution in [0.2, 0.25) is 0 Å². The molecule has 0 aromatic carbocycles. The second-order valence-corrected chi connectivity index (χ2v) is 4.30. The summed E-state index contributed by atoms with van der Waals surface area (Å²) in [6.07, 6.45) is 2.51. The van der Waals surface area contributed by atoms with Crippen molar-refractivity contribution in [2.75, 3.05) is 18.0 Å². The van der Waals surface area contributed by atoms with Gasteiger partial charge in [-0.15, -0.1) is 0 Å². The largest absolute Gasteiger partial charge is 0.393 e. The molecule has 0 radical (unpaired) electrons. The van der Waals surface area contributed by atoms with Crippen molar-refractivity contribution in [2.24, 2.45) is 0 Å². The Bertz CT molecular complexity index is 428. The molecule has 1 saturated heterocycles. The van der Waals surface area contributed by atoms with E-state index in [9.17, 15) is 15.2 Å². The summed E-state index contributed by atoms with van der Waals surface area (Å²) in [4.78, 5) is 16.4. The number of piperidine rings is 1. The van der Waals surface area contributed by atoms with E-state index in [-0.39, 0.29) is 11.8 Å². The monoisotopic (exact) mass is 237 g/mol. The Morgan fingerprint density at radius 2 is 2.18 bits per heavy atom. The van der Waals surface area contributed by atoms with Crippen molar-refractivity contribution >= 4 is 11.5 Å². The highest BCUT2D eigenvalue weighted by atomic mass is 16.6. The van der Waals surface area contributed by atoms with Crippen LogP contribution in [0.3, 0.4) is 0 Å². The van der Waals surface area contributed by atoms with Gasteiger partial charge in [0.25, 0.3) is 5.69 Å². The SMILES string of the molecule is Cc1cc(N2CCC(O)CC2)ncc1[N+](=O)[O-]. The highest BCUT2D eigenvalue weighted by Crippen LogP contribution is 2.23. The second-order valence-electron chi connectivity index (χ2n) is 4.30. The van der Waals surface area contributed by atoms with E-state index in [4.69, 9.17) is 0 Å². The van der Waals surface area contributed by atoms with Gasteiger partial charge in [-0.2, -0.15) is 0 Å². The molecule has 6 nitrogen and oxygen atoms in total. The summed E-state index contributed by atoms with van der Waals surface area (Å²) in [5.41, 5.74) is 0.664. The maximum absolute atomic E-state index is 10.7. The van der Waals surface area contributed by atoms with Gasteiger partial charge in [-0.25, -0.2) is 4.98 Å². The number of hydrogen-bond acceptors (Lipinski definition) is 5. The lowest BCUT2D eigenvalue weighted by Crippen LogP contribution is -2.36. The number of aryl methyl sites for hydroxylation is 1. The first-order valence-electron chi connectivity index (χ1n) is 5.62. The van der Waals surface area contributed by atoms with E-state index >= 15 is 0 Å². The van der Waals surface area contributed by atoms with Gasteiger partial charge in [-0.3, -0.25) is 10.1 Å². The van der Waals surface area contributed by atoms with Gasteiger partial charge >= 0.3 is 0 Å². The lowest BCUT2D eigenvalue weighted by Gasteiger charge is -2.30. The summed E-state index contributed by atoms with van der Waals surface area (Å²) in [6.45, 7) is 3.19. The molecule has 0 spiro atoms. The van der Waals surface area contributed by atoms with Gasteiger partial charge in [0, 0.05) is 18.7 Å². The minimum Gasteiger partial charge on any atom is -0.393 e. The zero-order chi connectivity index (χ0) is 12.4. The van der Waals surface area contributed by atoms with E-state index in [0.29, 0.717) is 5.56 Å². The smallest absolute Gasteiger partial charge is 0.290 e. The highest BCUT2D eigenvalue weighted by molar-refractivity contribution is 5.48. The van der Waals surface area contributed by atoms with Crippen LogP contribution in [0.1, 0.15) is 18.4 Å². The van der Waals surface area contributed by atoms with Crippen LogP contribution < -0.4 is 4.90 Å². The first-order chi connectivity index (χ1) is 8.08. The molecule has 0 atom stereocenters. The Hall–Kier alpha value is -1.69. The molecule has 2 heterocycles. The Morgan fingerprint density at radius 1 is 1.53 bits per heavy atom. The van der Waals surface area contributed by atoms with E-state index < -0.39 is 4.92 Å². The van der Waals surface area contributed by atoms with Gasteiger partial charge in [0.15, 0.2) is 0 Å². The average molecular weight is 237 g/mol. The Morgan fingerprint density at radius 3 is 2.71 bits per heavy atom. The predicted octanol–water partition coefficient (Wildman–Crippen LogP) is 1.26. The molecule has 2 rings (SSSR count). The molecule has 6 heteroatoms. The summed E-state index contributed by atoms with van der Waals surface area (Å²) in [5, 5.41) is 20.1. The molecule has 1 aliphatic rings. The summed E-state index contributed by atoms with van der Waals surface area (Å²) < 4.78 is 0. The van der Waals surface area contributed by atoms with E-state index in [1.807, 2.05) is 4.90 Å². The van der Waals surface area contributed by atoms with Gasteiger partial charge in [0.05, 0.1) is 11.0 Å². The van der Waals surface area contributed by atoms with Crippen LogP contribution in [0.15, 0.2) is 12.3 Å². The minimum absolute atomic E-state index is 0.0470. The third-order valence-electron chi connectivity index (χ3n) is 3.05. The quantitative estimate of drug-likeness (QED) is 0.618. The molecule has 0 aliphatic carbocycles. The van der Waals surface area contributed by atoms with Crippen molar-refractivity contribution in [1.82, 2.24) is 4.98 Å². The third kappa shape index (κ3) is 2.52. The third-order valence-corrected chi connectivity index (χ3v) is 3.05. The molecular formula is C11H15N3O3. The van der Waals surface area contributed by atoms with Crippen LogP contribution in [0.4, 0.5) is 11.5 Å². The fourth-order valence-electron chi connectivity index (χ4n) is 1.99. The van der Waals surface area contributed by atoms with Crippen LogP contribution in [0, 0.1) is 17.0 Å². The Balaban J connectivity index is 2.17. The molecule has 92 valence electrons. The summed E-state index contributed by atoms with van der Waals surface area (Å²) in [6, 6.07) is 1.73. The Kier molecular flexibility index (Phi) is 3.23. The molecule has 0 unspecified atom stereocenters. The van der Waals surface area contributed by atoms with E-state index in [1.165, 1.54) is 6.20 Å². The average Bonchev–Trinajstić information content (AvgIpc) is 2.29. The number of anilines is 1. The summed E-state index contributed by atoms with van der Waals surface area (Å²) >= 11 is 0. The number of aliphatic hydroxyl groups excluding tert-OH is 1. The van der Waals surface area contributed by atoms with Crippen molar-refractivity contribution in [3.05, 3.63) is 27.9 Å². The normalized spacial score (nSPS) is 17.2. The van der Waals surface area contributed by atoms with Gasteiger partial charge < -0.3 is 10.0 Å². The maximum Gasteiger partial charge on any atom is 0.290 e. The van der Waals surface area contributed by atoms with E-state index in [2.05, 4.69) is 4.98 Å². The van der Waals surface area contributed by atoms with Gasteiger partial charge in [0.2, 0.25) is 0 Å². The lowest BCUT2D eigenvalue weighted by atomic mass is 10.1. The molecule has 1 aliphatic heterocycles. The van der Waals surface area contributed by atoms with Gasteiger partial charge in [-0.05, 0) is 25.8 Å². The summed E-state index contributed by atoms with van der Waals surface area (Å²) in [5.74, 6) is 0.750. The van der Waals surface area contributed by atoms with Crippen molar-refractivity contribution < 1.29 is 10.0 Å². The zero-order valence-corrected chi connectivity index (χ0v) is 9.67. The van der Waals surface area contributed by atoms with Crippen molar-refractivity contribution in [3.8, 4) is 0 Å². The van der Waals surface area contributed by atoms with Crippen LogP contribution in [0.5, 0.6) is 0 Å².